The molecule has 190 valence electrons. The highest BCUT2D eigenvalue weighted by molar-refractivity contribution is 6.46. The van der Waals surface area contributed by atoms with Crippen molar-refractivity contribution in [1.29, 1.82) is 0 Å². The smallest absolute Gasteiger partial charge is 0.295 e. The van der Waals surface area contributed by atoms with Crippen molar-refractivity contribution < 1.29 is 24.2 Å². The van der Waals surface area contributed by atoms with E-state index in [4.69, 9.17) is 9.47 Å². The maximum Gasteiger partial charge on any atom is 0.295 e. The Hall–Kier alpha value is -4.13. The Balaban J connectivity index is 1.59. The van der Waals surface area contributed by atoms with E-state index in [0.717, 1.165) is 29.7 Å². The molecule has 1 aromatic heterocycles. The Morgan fingerprint density at radius 2 is 1.95 bits per heavy atom. The topological polar surface area (TPSA) is 89.0 Å². The van der Waals surface area contributed by atoms with Crippen LogP contribution in [0.3, 0.4) is 0 Å². The van der Waals surface area contributed by atoms with Crippen LogP contribution in [-0.4, -0.2) is 39.4 Å². The zero-order chi connectivity index (χ0) is 25.9. The van der Waals surface area contributed by atoms with Gasteiger partial charge in [0.15, 0.2) is 0 Å². The summed E-state index contributed by atoms with van der Waals surface area (Å²) in [5, 5.41) is 11.5. The standard InChI is InChI=1S/C30H30N2O5/c1-3-4-14-36-24-7-5-6-21(17-24)27-26(28(33)22-8-9-25-23(16-22)15-19(2)37-25)29(34)30(35)32(27)18-20-10-12-31-13-11-20/h5-13,16-17,19,27,33H,3-4,14-15,18H2,1-2H3/t19-,27+/m1/s1. The highest BCUT2D eigenvalue weighted by atomic mass is 16.5. The van der Waals surface area contributed by atoms with Crippen molar-refractivity contribution in [3.8, 4) is 11.5 Å². The van der Waals surface area contributed by atoms with Gasteiger partial charge in [0, 0.05) is 30.9 Å². The average molecular weight is 499 g/mol. The summed E-state index contributed by atoms with van der Waals surface area (Å²) in [6.07, 6.45) is 6.00. The van der Waals surface area contributed by atoms with Gasteiger partial charge in [0.1, 0.15) is 23.4 Å². The second-order valence-corrected chi connectivity index (χ2v) is 9.51. The summed E-state index contributed by atoms with van der Waals surface area (Å²) in [5.74, 6) is -0.127. The van der Waals surface area contributed by atoms with Gasteiger partial charge in [-0.15, -0.1) is 0 Å². The molecule has 2 aliphatic rings. The summed E-state index contributed by atoms with van der Waals surface area (Å²) >= 11 is 0. The van der Waals surface area contributed by atoms with Crippen LogP contribution in [0.4, 0.5) is 0 Å². The van der Waals surface area contributed by atoms with Gasteiger partial charge in [-0.05, 0) is 72.5 Å². The second-order valence-electron chi connectivity index (χ2n) is 9.51. The molecule has 0 radical (unpaired) electrons. The van der Waals surface area contributed by atoms with Crippen molar-refractivity contribution >= 4 is 17.4 Å². The minimum atomic E-state index is -0.772. The van der Waals surface area contributed by atoms with Gasteiger partial charge in [0.05, 0.1) is 18.2 Å². The molecular weight excluding hydrogens is 468 g/mol. The number of nitrogens with zero attached hydrogens (tertiary/aromatic N) is 2. The van der Waals surface area contributed by atoms with Gasteiger partial charge in [-0.2, -0.15) is 0 Å². The van der Waals surface area contributed by atoms with Crippen molar-refractivity contribution in [3.63, 3.8) is 0 Å². The molecule has 0 unspecified atom stereocenters. The molecule has 5 rings (SSSR count). The fourth-order valence-electron chi connectivity index (χ4n) is 4.91. The van der Waals surface area contributed by atoms with E-state index >= 15 is 0 Å². The Bertz CT molecular complexity index is 1350. The number of rotatable bonds is 8. The summed E-state index contributed by atoms with van der Waals surface area (Å²) in [6, 6.07) is 15.6. The number of hydrogen-bond donors (Lipinski definition) is 1. The Labute approximate surface area is 216 Å². The number of unbranched alkanes of at least 4 members (excludes halogenated alkanes) is 1. The zero-order valence-corrected chi connectivity index (χ0v) is 21.0. The maximum atomic E-state index is 13.4. The van der Waals surface area contributed by atoms with Crippen molar-refractivity contribution in [3.05, 3.63) is 94.8 Å². The van der Waals surface area contributed by atoms with Crippen LogP contribution < -0.4 is 9.47 Å². The normalized spacial score (nSPS) is 20.1. The van der Waals surface area contributed by atoms with Gasteiger partial charge in [-0.25, -0.2) is 0 Å². The molecule has 3 heterocycles. The zero-order valence-electron chi connectivity index (χ0n) is 21.0. The molecular formula is C30H30N2O5. The molecule has 0 saturated carbocycles. The molecule has 2 aromatic carbocycles. The van der Waals surface area contributed by atoms with E-state index in [1.54, 1.807) is 24.5 Å². The minimum absolute atomic E-state index is 0.0498. The monoisotopic (exact) mass is 498 g/mol. The molecule has 7 heteroatoms. The van der Waals surface area contributed by atoms with E-state index in [1.165, 1.54) is 4.90 Å². The molecule has 1 fully saturated rings. The van der Waals surface area contributed by atoms with Crippen LogP contribution in [0.1, 0.15) is 55.0 Å². The molecule has 0 aliphatic carbocycles. The molecule has 3 aromatic rings. The number of benzene rings is 2. The van der Waals surface area contributed by atoms with Crippen LogP contribution in [0.5, 0.6) is 11.5 Å². The van der Waals surface area contributed by atoms with E-state index in [2.05, 4.69) is 11.9 Å². The lowest BCUT2D eigenvalue weighted by atomic mass is 9.94. The van der Waals surface area contributed by atoms with Gasteiger partial charge in [-0.1, -0.05) is 25.5 Å². The first kappa shape index (κ1) is 24.6. The molecule has 1 amide bonds. The molecule has 2 aliphatic heterocycles. The Morgan fingerprint density at radius 3 is 2.73 bits per heavy atom. The lowest BCUT2D eigenvalue weighted by molar-refractivity contribution is -0.140. The first-order valence-corrected chi connectivity index (χ1v) is 12.7. The van der Waals surface area contributed by atoms with E-state index in [1.807, 2.05) is 49.4 Å². The number of fused-ring (bicyclic) bond motifs is 1. The van der Waals surface area contributed by atoms with Crippen molar-refractivity contribution in [2.45, 2.75) is 51.8 Å². The van der Waals surface area contributed by atoms with Gasteiger partial charge >= 0.3 is 0 Å². The average Bonchev–Trinajstić information content (AvgIpc) is 3.40. The maximum absolute atomic E-state index is 13.4. The number of amides is 1. The quantitative estimate of drug-likeness (QED) is 0.199. The number of ketones is 1. The number of carbonyl (C=O) groups excluding carboxylic acids is 2. The van der Waals surface area contributed by atoms with Gasteiger partial charge < -0.3 is 19.5 Å². The number of aromatic nitrogens is 1. The van der Waals surface area contributed by atoms with E-state index < -0.39 is 17.7 Å². The highest BCUT2D eigenvalue weighted by Gasteiger charge is 2.46. The lowest BCUT2D eigenvalue weighted by Gasteiger charge is -2.26. The van der Waals surface area contributed by atoms with Crippen LogP contribution in [0.15, 0.2) is 72.6 Å². The van der Waals surface area contributed by atoms with Crippen molar-refractivity contribution in [2.24, 2.45) is 0 Å². The Morgan fingerprint density at radius 1 is 1.14 bits per heavy atom. The van der Waals surface area contributed by atoms with Gasteiger partial charge in [0.25, 0.3) is 11.7 Å². The molecule has 2 atom stereocenters. The molecule has 1 saturated heterocycles. The van der Waals surface area contributed by atoms with Crippen molar-refractivity contribution in [2.75, 3.05) is 6.61 Å². The number of aliphatic hydroxyl groups excluding tert-OH is 1. The minimum Gasteiger partial charge on any atom is -0.507 e. The van der Waals surface area contributed by atoms with Crippen LogP contribution in [0.2, 0.25) is 0 Å². The molecule has 0 spiro atoms. The molecule has 7 nitrogen and oxygen atoms in total. The van der Waals surface area contributed by atoms with Gasteiger partial charge in [-0.3, -0.25) is 14.6 Å². The van der Waals surface area contributed by atoms with Crippen molar-refractivity contribution in [1.82, 2.24) is 9.88 Å². The third kappa shape index (κ3) is 4.94. The largest absolute Gasteiger partial charge is 0.507 e. The first-order chi connectivity index (χ1) is 18.0. The summed E-state index contributed by atoms with van der Waals surface area (Å²) in [6.45, 7) is 4.86. The third-order valence-corrected chi connectivity index (χ3v) is 6.75. The fraction of sp³-hybridized carbons (Fsp3) is 0.300. The van der Waals surface area contributed by atoms with Crippen LogP contribution in [0.25, 0.3) is 5.76 Å². The number of ether oxygens (including phenoxy) is 2. The molecule has 0 bridgehead atoms. The predicted octanol–water partition coefficient (Wildman–Crippen LogP) is 5.21. The Kier molecular flexibility index (Phi) is 6.95. The third-order valence-electron chi connectivity index (χ3n) is 6.75. The summed E-state index contributed by atoms with van der Waals surface area (Å²) < 4.78 is 11.7. The van der Waals surface area contributed by atoms with E-state index in [-0.39, 0.29) is 24.0 Å². The van der Waals surface area contributed by atoms with Crippen LogP contribution >= 0.6 is 0 Å². The SMILES string of the molecule is CCCCOc1cccc([C@H]2C(=C(O)c3ccc4c(c3)C[C@@H](C)O4)C(=O)C(=O)N2Cc2ccncc2)c1. The van der Waals surface area contributed by atoms with Gasteiger partial charge in [0.2, 0.25) is 0 Å². The molecule has 1 N–H and O–H groups in total. The summed E-state index contributed by atoms with van der Waals surface area (Å²) in [4.78, 5) is 32.3. The summed E-state index contributed by atoms with van der Waals surface area (Å²) in [5.41, 5.74) is 3.05. The summed E-state index contributed by atoms with van der Waals surface area (Å²) in [7, 11) is 0. The number of Topliss-reactive ketones (excluding diaryl/α,β-unsaturated/α-hetero) is 1. The number of carbonyl (C=O) groups is 2. The molecule has 37 heavy (non-hydrogen) atoms. The number of aliphatic hydroxyl groups is 1. The number of pyridine rings is 1. The van der Waals surface area contributed by atoms with Crippen LogP contribution in [0, 0.1) is 0 Å². The van der Waals surface area contributed by atoms with Crippen LogP contribution in [-0.2, 0) is 22.6 Å². The van der Waals surface area contributed by atoms with E-state index in [0.29, 0.717) is 29.9 Å². The first-order valence-electron chi connectivity index (χ1n) is 12.7. The van der Waals surface area contributed by atoms with E-state index in [9.17, 15) is 14.7 Å². The number of hydrogen-bond acceptors (Lipinski definition) is 6. The number of likely N-dealkylation sites (tertiary alicyclic amines) is 1. The highest BCUT2D eigenvalue weighted by Crippen LogP contribution is 2.42. The predicted molar refractivity (Wildman–Crippen MR) is 139 cm³/mol. The fourth-order valence-corrected chi connectivity index (χ4v) is 4.91. The second kappa shape index (κ2) is 10.5. The lowest BCUT2D eigenvalue weighted by Crippen LogP contribution is -2.29.